The molecular weight excluding hydrogens is 555 g/mol. The van der Waals surface area contributed by atoms with Crippen LogP contribution in [0, 0.1) is 35.9 Å². The third-order valence-electron chi connectivity index (χ3n) is 8.51. The summed E-state index contributed by atoms with van der Waals surface area (Å²) >= 11 is 0. The Morgan fingerprint density at radius 3 is 2.45 bits per heavy atom. The SMILES string of the molecule is Cc1c(-c2ccc(N3CCS(=O)(=O)CC3)cc2)c([C@@H]2CCCC[C@H]2C(=O)N[C@H](C#N)C(C)C)nn1-c1ncccc1F. The predicted octanol–water partition coefficient (Wildman–Crippen LogP) is 4.55. The van der Waals surface area contributed by atoms with Gasteiger partial charge in [0.2, 0.25) is 5.91 Å². The molecule has 0 radical (unpaired) electrons. The zero-order valence-corrected chi connectivity index (χ0v) is 25.1. The molecule has 222 valence electrons. The van der Waals surface area contributed by atoms with Crippen LogP contribution in [-0.4, -0.2) is 59.7 Å². The molecule has 1 saturated heterocycles. The molecule has 3 atom stereocenters. The van der Waals surface area contributed by atoms with Gasteiger partial charge >= 0.3 is 0 Å². The number of pyridine rings is 1. The first kappa shape index (κ1) is 29.7. The topological polar surface area (TPSA) is 121 Å². The van der Waals surface area contributed by atoms with Gasteiger partial charge in [0.05, 0.1) is 29.0 Å². The van der Waals surface area contributed by atoms with Gasteiger partial charge in [-0.05, 0) is 55.5 Å². The zero-order chi connectivity index (χ0) is 30.0. The molecule has 9 nitrogen and oxygen atoms in total. The van der Waals surface area contributed by atoms with Crippen LogP contribution in [0.1, 0.15) is 56.8 Å². The van der Waals surface area contributed by atoms with Crippen molar-refractivity contribution in [3.8, 4) is 23.0 Å². The van der Waals surface area contributed by atoms with E-state index in [-0.39, 0.29) is 41.0 Å². The van der Waals surface area contributed by atoms with Crippen LogP contribution < -0.4 is 10.2 Å². The molecule has 11 heteroatoms. The van der Waals surface area contributed by atoms with Crippen molar-refractivity contribution in [2.45, 2.75) is 58.4 Å². The largest absolute Gasteiger partial charge is 0.369 e. The van der Waals surface area contributed by atoms with Crippen molar-refractivity contribution in [3.63, 3.8) is 0 Å². The summed E-state index contributed by atoms with van der Waals surface area (Å²) in [7, 11) is -2.99. The monoisotopic (exact) mass is 592 g/mol. The van der Waals surface area contributed by atoms with Crippen LogP contribution in [0.4, 0.5) is 10.1 Å². The van der Waals surface area contributed by atoms with E-state index in [2.05, 4.69) is 21.3 Å². The molecule has 3 aromatic rings. The summed E-state index contributed by atoms with van der Waals surface area (Å²) in [6, 6.07) is 12.4. The van der Waals surface area contributed by atoms with Gasteiger partial charge in [-0.25, -0.2) is 22.5 Å². The molecular formula is C31H37FN6O3S. The Hall–Kier alpha value is -3.78. The maximum Gasteiger partial charge on any atom is 0.224 e. The lowest BCUT2D eigenvalue weighted by Gasteiger charge is -2.31. The maximum absolute atomic E-state index is 15.0. The number of benzene rings is 1. The zero-order valence-electron chi connectivity index (χ0n) is 24.3. The van der Waals surface area contributed by atoms with Crippen LogP contribution in [0.15, 0.2) is 42.6 Å². The van der Waals surface area contributed by atoms with E-state index in [9.17, 15) is 22.9 Å². The summed E-state index contributed by atoms with van der Waals surface area (Å²) in [5.74, 6) is -0.916. The van der Waals surface area contributed by atoms with Crippen molar-refractivity contribution in [2.75, 3.05) is 29.5 Å². The first-order chi connectivity index (χ1) is 20.1. The second-order valence-electron chi connectivity index (χ2n) is 11.6. The molecule has 42 heavy (non-hydrogen) atoms. The predicted molar refractivity (Wildman–Crippen MR) is 159 cm³/mol. The number of halogens is 1. The molecule has 0 bridgehead atoms. The first-order valence-electron chi connectivity index (χ1n) is 14.6. The third kappa shape index (κ3) is 6.04. The number of nitrogens with one attached hydrogen (secondary N) is 1. The van der Waals surface area contributed by atoms with Gasteiger partial charge in [0.1, 0.15) is 6.04 Å². The minimum Gasteiger partial charge on any atom is -0.369 e. The number of hydrogen-bond acceptors (Lipinski definition) is 7. The van der Waals surface area contributed by atoms with Crippen LogP contribution in [-0.2, 0) is 14.6 Å². The fourth-order valence-electron chi connectivity index (χ4n) is 6.07. The molecule has 1 aliphatic heterocycles. The van der Waals surface area contributed by atoms with E-state index < -0.39 is 21.7 Å². The van der Waals surface area contributed by atoms with Gasteiger partial charge < -0.3 is 10.2 Å². The molecule has 0 unspecified atom stereocenters. The Kier molecular flexibility index (Phi) is 8.64. The number of aromatic nitrogens is 3. The summed E-state index contributed by atoms with van der Waals surface area (Å²) in [6.45, 7) is 6.59. The quantitative estimate of drug-likeness (QED) is 0.427. The highest BCUT2D eigenvalue weighted by molar-refractivity contribution is 7.91. The van der Waals surface area contributed by atoms with Crippen LogP contribution in [0.3, 0.4) is 0 Å². The van der Waals surface area contributed by atoms with Gasteiger partial charge in [-0.15, -0.1) is 0 Å². The van der Waals surface area contributed by atoms with Crippen molar-refractivity contribution in [1.82, 2.24) is 20.1 Å². The van der Waals surface area contributed by atoms with E-state index in [4.69, 9.17) is 5.10 Å². The Morgan fingerprint density at radius 2 is 1.81 bits per heavy atom. The Morgan fingerprint density at radius 1 is 1.12 bits per heavy atom. The molecule has 1 saturated carbocycles. The second kappa shape index (κ2) is 12.2. The summed E-state index contributed by atoms with van der Waals surface area (Å²) in [6.07, 6.45) is 4.77. The van der Waals surface area contributed by atoms with Crippen LogP contribution in [0.5, 0.6) is 0 Å². The molecule has 1 N–H and O–H groups in total. The smallest absolute Gasteiger partial charge is 0.224 e. The number of amides is 1. The summed E-state index contributed by atoms with van der Waals surface area (Å²) < 4.78 is 40.3. The van der Waals surface area contributed by atoms with Crippen molar-refractivity contribution in [1.29, 1.82) is 5.26 Å². The van der Waals surface area contributed by atoms with Gasteiger partial charge in [-0.2, -0.15) is 10.4 Å². The van der Waals surface area contributed by atoms with E-state index in [0.29, 0.717) is 30.9 Å². The lowest BCUT2D eigenvalue weighted by molar-refractivity contribution is -0.127. The normalized spacial score (nSPS) is 21.1. The highest BCUT2D eigenvalue weighted by Crippen LogP contribution is 2.43. The van der Waals surface area contributed by atoms with E-state index in [1.165, 1.54) is 23.0 Å². The summed E-state index contributed by atoms with van der Waals surface area (Å²) in [5, 5.41) is 17.5. The lowest BCUT2D eigenvalue weighted by Crippen LogP contribution is -2.43. The molecule has 2 fully saturated rings. The molecule has 0 spiro atoms. The molecule has 1 aliphatic carbocycles. The number of rotatable bonds is 7. The van der Waals surface area contributed by atoms with Gasteiger partial charge in [-0.3, -0.25) is 4.79 Å². The van der Waals surface area contributed by atoms with Crippen molar-refractivity contribution in [3.05, 3.63) is 59.8 Å². The number of sulfone groups is 1. The van der Waals surface area contributed by atoms with Gasteiger partial charge in [0.25, 0.3) is 0 Å². The van der Waals surface area contributed by atoms with E-state index >= 15 is 0 Å². The van der Waals surface area contributed by atoms with Crippen molar-refractivity contribution in [2.24, 2.45) is 11.8 Å². The lowest BCUT2D eigenvalue weighted by atomic mass is 9.75. The van der Waals surface area contributed by atoms with E-state index in [1.54, 1.807) is 0 Å². The van der Waals surface area contributed by atoms with Gasteiger partial charge in [0, 0.05) is 42.4 Å². The Bertz CT molecular complexity index is 1580. The molecule has 5 rings (SSSR count). The number of hydrogen-bond donors (Lipinski definition) is 1. The molecule has 1 amide bonds. The average molecular weight is 593 g/mol. The average Bonchev–Trinajstić information content (AvgIpc) is 3.32. The second-order valence-corrected chi connectivity index (χ2v) is 13.9. The molecule has 3 heterocycles. The van der Waals surface area contributed by atoms with Crippen LogP contribution >= 0.6 is 0 Å². The maximum atomic E-state index is 15.0. The number of carbonyl (C=O) groups is 1. The molecule has 2 aromatic heterocycles. The third-order valence-corrected chi connectivity index (χ3v) is 10.1. The fourth-order valence-corrected chi connectivity index (χ4v) is 7.27. The fraction of sp³-hybridized carbons (Fsp3) is 0.484. The highest BCUT2D eigenvalue weighted by Gasteiger charge is 2.37. The van der Waals surface area contributed by atoms with Gasteiger partial charge in [0.15, 0.2) is 21.5 Å². The summed E-state index contributed by atoms with van der Waals surface area (Å²) in [4.78, 5) is 19.9. The minimum atomic E-state index is -2.99. The number of carbonyl (C=O) groups excluding carboxylic acids is 1. The number of nitriles is 1. The first-order valence-corrected chi connectivity index (χ1v) is 16.4. The Balaban J connectivity index is 1.55. The van der Waals surface area contributed by atoms with E-state index in [0.717, 1.165) is 36.1 Å². The number of anilines is 1. The van der Waals surface area contributed by atoms with Gasteiger partial charge in [-0.1, -0.05) is 38.8 Å². The number of nitrogens with zero attached hydrogens (tertiary/aromatic N) is 5. The van der Waals surface area contributed by atoms with Crippen molar-refractivity contribution < 1.29 is 17.6 Å². The minimum absolute atomic E-state index is 0.0244. The van der Waals surface area contributed by atoms with E-state index in [1.807, 2.05) is 45.0 Å². The highest BCUT2D eigenvalue weighted by atomic mass is 32.2. The Labute approximate surface area is 246 Å². The van der Waals surface area contributed by atoms with Crippen LogP contribution in [0.2, 0.25) is 0 Å². The molecule has 1 aromatic carbocycles. The van der Waals surface area contributed by atoms with Crippen LogP contribution in [0.25, 0.3) is 16.9 Å². The molecule has 2 aliphatic rings. The summed E-state index contributed by atoms with van der Waals surface area (Å²) in [5.41, 5.74) is 4.06. The standard InChI is InChI=1S/C31H37FN6O3S/c1-20(2)27(19-33)35-31(39)25-8-5-4-7-24(25)29-28(21(3)38(36-29)30-26(32)9-6-14-34-30)22-10-12-23(13-11-22)37-15-17-42(40,41)18-16-37/h6,9-14,20,24-25,27H,4-5,7-8,15-18H2,1-3H3,(H,35,39)/t24-,25-,27-/m1/s1. The van der Waals surface area contributed by atoms with Crippen molar-refractivity contribution >= 4 is 21.4 Å².